The molecule has 1 aromatic carbocycles. The van der Waals surface area contributed by atoms with E-state index in [1.54, 1.807) is 0 Å². The Morgan fingerprint density at radius 2 is 2.00 bits per heavy atom. The van der Waals surface area contributed by atoms with Crippen LogP contribution < -0.4 is 0 Å². The molecule has 2 rings (SSSR count). The molecule has 0 spiro atoms. The molecule has 4 heteroatoms. The minimum absolute atomic E-state index is 0.131. The molecule has 0 aliphatic carbocycles. The Bertz CT molecular complexity index is 426. The summed E-state index contributed by atoms with van der Waals surface area (Å²) < 4.78 is 5.38. The molecule has 0 atom stereocenters. The number of amides is 1. The van der Waals surface area contributed by atoms with Gasteiger partial charge >= 0.3 is 0 Å². The van der Waals surface area contributed by atoms with Gasteiger partial charge in [-0.2, -0.15) is 0 Å². The van der Waals surface area contributed by atoms with E-state index in [1.807, 2.05) is 36.1 Å². The first-order chi connectivity index (χ1) is 9.20. The highest BCUT2D eigenvalue weighted by molar-refractivity contribution is 5.94. The van der Waals surface area contributed by atoms with Gasteiger partial charge in [-0.3, -0.25) is 4.79 Å². The van der Waals surface area contributed by atoms with Gasteiger partial charge in [0.05, 0.1) is 6.61 Å². The first kappa shape index (κ1) is 14.0. The summed E-state index contributed by atoms with van der Waals surface area (Å²) in [6.07, 6.45) is 0. The summed E-state index contributed by atoms with van der Waals surface area (Å²) in [4.78, 5) is 16.6. The van der Waals surface area contributed by atoms with Crippen molar-refractivity contribution in [1.29, 1.82) is 0 Å². The average Bonchev–Trinajstić information content (AvgIpc) is 2.45. The van der Waals surface area contributed by atoms with E-state index >= 15 is 0 Å². The summed E-state index contributed by atoms with van der Waals surface area (Å²) in [5.74, 6) is 0.131. The Kier molecular flexibility index (Phi) is 4.93. The molecular formula is C15H22N2O2. The lowest BCUT2D eigenvalue weighted by Gasteiger charge is -2.32. The van der Waals surface area contributed by atoms with Gasteiger partial charge in [-0.15, -0.1) is 0 Å². The average molecular weight is 262 g/mol. The van der Waals surface area contributed by atoms with Crippen LogP contribution in [-0.4, -0.2) is 55.5 Å². The minimum atomic E-state index is 0.131. The van der Waals surface area contributed by atoms with Crippen molar-refractivity contribution < 1.29 is 9.53 Å². The second-order valence-corrected chi connectivity index (χ2v) is 4.93. The molecule has 0 bridgehead atoms. The van der Waals surface area contributed by atoms with E-state index in [4.69, 9.17) is 4.74 Å². The molecule has 19 heavy (non-hydrogen) atoms. The molecule has 4 nitrogen and oxygen atoms in total. The highest BCUT2D eigenvalue weighted by Gasteiger charge is 2.20. The van der Waals surface area contributed by atoms with Crippen molar-refractivity contribution in [2.24, 2.45) is 0 Å². The van der Waals surface area contributed by atoms with E-state index in [-0.39, 0.29) is 5.91 Å². The highest BCUT2D eigenvalue weighted by Crippen LogP contribution is 2.11. The van der Waals surface area contributed by atoms with Crippen LogP contribution in [0, 0.1) is 0 Å². The van der Waals surface area contributed by atoms with Gasteiger partial charge in [-0.25, -0.2) is 0 Å². The number of carbonyl (C=O) groups is 1. The number of hydrogen-bond acceptors (Lipinski definition) is 3. The first-order valence-electron chi connectivity index (χ1n) is 6.85. The molecular weight excluding hydrogens is 240 g/mol. The standard InChI is InChI=1S/C15H22N2O2/c1-3-19-12-13-5-4-6-14(11-13)15(18)17-9-7-16(2)8-10-17/h4-6,11H,3,7-10,12H2,1-2H3. The van der Waals surface area contributed by atoms with Crippen LogP contribution in [0.1, 0.15) is 22.8 Å². The monoisotopic (exact) mass is 262 g/mol. The number of rotatable bonds is 4. The fraction of sp³-hybridized carbons (Fsp3) is 0.533. The van der Waals surface area contributed by atoms with Gasteiger partial charge in [0, 0.05) is 38.3 Å². The van der Waals surface area contributed by atoms with Crippen LogP contribution in [0.15, 0.2) is 24.3 Å². The van der Waals surface area contributed by atoms with Crippen LogP contribution in [0.25, 0.3) is 0 Å². The van der Waals surface area contributed by atoms with Crippen LogP contribution in [-0.2, 0) is 11.3 Å². The molecule has 1 aliphatic heterocycles. The molecule has 1 fully saturated rings. The number of likely N-dealkylation sites (N-methyl/N-ethyl adjacent to an activating group) is 1. The molecule has 1 aromatic rings. The van der Waals surface area contributed by atoms with E-state index in [2.05, 4.69) is 11.9 Å². The zero-order valence-corrected chi connectivity index (χ0v) is 11.8. The van der Waals surface area contributed by atoms with Crippen LogP contribution in [0.5, 0.6) is 0 Å². The maximum Gasteiger partial charge on any atom is 0.253 e. The Morgan fingerprint density at radius 1 is 1.26 bits per heavy atom. The number of ether oxygens (including phenoxy) is 1. The maximum atomic E-state index is 12.4. The number of hydrogen-bond donors (Lipinski definition) is 0. The van der Waals surface area contributed by atoms with E-state index in [0.29, 0.717) is 13.2 Å². The van der Waals surface area contributed by atoms with Gasteiger partial charge in [0.15, 0.2) is 0 Å². The fourth-order valence-electron chi connectivity index (χ4n) is 2.21. The Balaban J connectivity index is 2.02. The van der Waals surface area contributed by atoms with Crippen molar-refractivity contribution >= 4 is 5.91 Å². The van der Waals surface area contributed by atoms with Crippen molar-refractivity contribution in [3.63, 3.8) is 0 Å². The van der Waals surface area contributed by atoms with Gasteiger partial charge < -0.3 is 14.5 Å². The molecule has 0 N–H and O–H groups in total. The zero-order chi connectivity index (χ0) is 13.7. The van der Waals surface area contributed by atoms with Crippen molar-refractivity contribution in [3.8, 4) is 0 Å². The molecule has 1 aliphatic rings. The lowest BCUT2D eigenvalue weighted by atomic mass is 10.1. The second kappa shape index (κ2) is 6.68. The quantitative estimate of drug-likeness (QED) is 0.826. The van der Waals surface area contributed by atoms with E-state index in [9.17, 15) is 4.79 Å². The number of benzene rings is 1. The summed E-state index contributed by atoms with van der Waals surface area (Å²) >= 11 is 0. The maximum absolute atomic E-state index is 12.4. The fourth-order valence-corrected chi connectivity index (χ4v) is 2.21. The molecule has 0 unspecified atom stereocenters. The Labute approximate surface area is 115 Å². The van der Waals surface area contributed by atoms with Crippen molar-refractivity contribution in [2.45, 2.75) is 13.5 Å². The predicted molar refractivity (Wildman–Crippen MR) is 75.2 cm³/mol. The smallest absolute Gasteiger partial charge is 0.253 e. The lowest BCUT2D eigenvalue weighted by molar-refractivity contribution is 0.0663. The summed E-state index contributed by atoms with van der Waals surface area (Å²) in [7, 11) is 2.09. The summed E-state index contributed by atoms with van der Waals surface area (Å²) in [6.45, 7) is 6.75. The third-order valence-electron chi connectivity index (χ3n) is 3.44. The van der Waals surface area contributed by atoms with Crippen LogP contribution >= 0.6 is 0 Å². The normalized spacial score (nSPS) is 16.6. The highest BCUT2D eigenvalue weighted by atomic mass is 16.5. The van der Waals surface area contributed by atoms with Crippen LogP contribution in [0.4, 0.5) is 0 Å². The van der Waals surface area contributed by atoms with Crippen molar-refractivity contribution in [3.05, 3.63) is 35.4 Å². The van der Waals surface area contributed by atoms with Crippen LogP contribution in [0.2, 0.25) is 0 Å². The molecule has 1 saturated heterocycles. The first-order valence-corrected chi connectivity index (χ1v) is 6.85. The molecule has 1 heterocycles. The molecule has 0 aromatic heterocycles. The number of carbonyl (C=O) groups excluding carboxylic acids is 1. The van der Waals surface area contributed by atoms with E-state index in [0.717, 1.165) is 37.3 Å². The second-order valence-electron chi connectivity index (χ2n) is 4.93. The Morgan fingerprint density at radius 3 is 2.68 bits per heavy atom. The SMILES string of the molecule is CCOCc1cccc(C(=O)N2CCN(C)CC2)c1. The minimum Gasteiger partial charge on any atom is -0.377 e. The van der Waals surface area contributed by atoms with Gasteiger partial charge in [0.1, 0.15) is 0 Å². The lowest BCUT2D eigenvalue weighted by Crippen LogP contribution is -2.47. The molecule has 1 amide bonds. The van der Waals surface area contributed by atoms with E-state index in [1.165, 1.54) is 0 Å². The third-order valence-corrected chi connectivity index (χ3v) is 3.44. The van der Waals surface area contributed by atoms with Crippen molar-refractivity contribution in [1.82, 2.24) is 9.80 Å². The van der Waals surface area contributed by atoms with Gasteiger partial charge in [-0.05, 0) is 31.7 Å². The van der Waals surface area contributed by atoms with Crippen molar-refractivity contribution in [2.75, 3.05) is 39.8 Å². The topological polar surface area (TPSA) is 32.8 Å². The predicted octanol–water partition coefficient (Wildman–Crippen LogP) is 1.61. The Hall–Kier alpha value is -1.39. The summed E-state index contributed by atoms with van der Waals surface area (Å²) in [6, 6.07) is 7.75. The summed E-state index contributed by atoms with van der Waals surface area (Å²) in [5.41, 5.74) is 1.82. The number of piperazine rings is 1. The molecule has 0 saturated carbocycles. The van der Waals surface area contributed by atoms with E-state index < -0.39 is 0 Å². The molecule has 0 radical (unpaired) electrons. The number of nitrogens with zero attached hydrogens (tertiary/aromatic N) is 2. The van der Waals surface area contributed by atoms with Gasteiger partial charge in [-0.1, -0.05) is 12.1 Å². The van der Waals surface area contributed by atoms with Crippen LogP contribution in [0.3, 0.4) is 0 Å². The van der Waals surface area contributed by atoms with Gasteiger partial charge in [0.25, 0.3) is 5.91 Å². The molecule has 104 valence electrons. The third kappa shape index (κ3) is 3.78. The zero-order valence-electron chi connectivity index (χ0n) is 11.8. The summed E-state index contributed by atoms with van der Waals surface area (Å²) in [5, 5.41) is 0. The van der Waals surface area contributed by atoms with Gasteiger partial charge in [0.2, 0.25) is 0 Å². The largest absolute Gasteiger partial charge is 0.377 e.